The number of allylic oxidation sites excluding steroid dienone is 2. The summed E-state index contributed by atoms with van der Waals surface area (Å²) in [4.78, 5) is 0. The molecular formula is C12H14. The summed E-state index contributed by atoms with van der Waals surface area (Å²) in [6.45, 7) is 2.29. The number of hydrogen-bond acceptors (Lipinski definition) is 0. The van der Waals surface area contributed by atoms with Crippen LogP contribution in [0.25, 0.3) is 0 Å². The molecule has 0 amide bonds. The van der Waals surface area contributed by atoms with Crippen molar-refractivity contribution >= 4 is 0 Å². The zero-order chi connectivity index (χ0) is 8.39. The van der Waals surface area contributed by atoms with Gasteiger partial charge in [0.25, 0.3) is 0 Å². The zero-order valence-corrected chi connectivity index (χ0v) is 7.40. The molecule has 0 fully saturated rings. The molecule has 1 aromatic carbocycles. The van der Waals surface area contributed by atoms with Crippen LogP contribution in [0.4, 0.5) is 0 Å². The largest absolute Gasteiger partial charge is 0.0876 e. The van der Waals surface area contributed by atoms with Crippen LogP contribution in [0.3, 0.4) is 0 Å². The van der Waals surface area contributed by atoms with Gasteiger partial charge in [0.2, 0.25) is 0 Å². The third-order valence-corrected chi connectivity index (χ3v) is 2.69. The van der Waals surface area contributed by atoms with Gasteiger partial charge >= 0.3 is 0 Å². The Balaban J connectivity index is 2.22. The van der Waals surface area contributed by atoms with Gasteiger partial charge in [-0.05, 0) is 23.8 Å². The van der Waals surface area contributed by atoms with Gasteiger partial charge in [-0.3, -0.25) is 0 Å². The molecular weight excluding hydrogens is 144 g/mol. The summed E-state index contributed by atoms with van der Waals surface area (Å²) in [6.07, 6.45) is 5.82. The lowest BCUT2D eigenvalue weighted by Gasteiger charge is -2.14. The van der Waals surface area contributed by atoms with Crippen molar-refractivity contribution in [2.45, 2.75) is 19.3 Å². The Kier molecular flexibility index (Phi) is 1.99. The fourth-order valence-electron chi connectivity index (χ4n) is 1.93. The Morgan fingerprint density at radius 1 is 1.17 bits per heavy atom. The quantitative estimate of drug-likeness (QED) is 0.550. The molecule has 0 unspecified atom stereocenters. The van der Waals surface area contributed by atoms with Crippen molar-refractivity contribution in [3.8, 4) is 0 Å². The van der Waals surface area contributed by atoms with Crippen LogP contribution in [0.1, 0.15) is 24.8 Å². The molecule has 0 bridgehead atoms. The van der Waals surface area contributed by atoms with Gasteiger partial charge in [0, 0.05) is 0 Å². The van der Waals surface area contributed by atoms with E-state index in [4.69, 9.17) is 0 Å². The van der Waals surface area contributed by atoms with Crippen molar-refractivity contribution in [2.24, 2.45) is 5.92 Å². The molecule has 0 aliphatic heterocycles. The fraction of sp³-hybridized carbons (Fsp3) is 0.333. The van der Waals surface area contributed by atoms with Crippen LogP contribution in [0.15, 0.2) is 42.5 Å². The summed E-state index contributed by atoms with van der Waals surface area (Å²) in [5, 5.41) is 0. The Morgan fingerprint density at radius 2 is 1.92 bits per heavy atom. The van der Waals surface area contributed by atoms with E-state index in [1.54, 1.807) is 0 Å². The van der Waals surface area contributed by atoms with E-state index in [1.165, 1.54) is 12.0 Å². The predicted molar refractivity (Wildman–Crippen MR) is 52.1 cm³/mol. The van der Waals surface area contributed by atoms with Crippen LogP contribution in [-0.2, 0) is 0 Å². The predicted octanol–water partition coefficient (Wildman–Crippen LogP) is 3.37. The number of rotatable bonds is 1. The third-order valence-electron chi connectivity index (χ3n) is 2.69. The van der Waals surface area contributed by atoms with Crippen molar-refractivity contribution in [1.82, 2.24) is 0 Å². The standard InChI is InChI=1S/C12H14/c1-10-6-5-9-12(10)11-7-3-2-4-8-11/h2-8,10,12H,9H2,1H3/t10-,12+/m1/s1. The molecule has 1 aliphatic rings. The Morgan fingerprint density at radius 3 is 2.50 bits per heavy atom. The molecule has 2 rings (SSSR count). The van der Waals surface area contributed by atoms with Crippen LogP contribution >= 0.6 is 0 Å². The topological polar surface area (TPSA) is 0 Å². The molecule has 0 heteroatoms. The summed E-state index contributed by atoms with van der Waals surface area (Å²) >= 11 is 0. The van der Waals surface area contributed by atoms with Crippen molar-refractivity contribution in [2.75, 3.05) is 0 Å². The van der Waals surface area contributed by atoms with Gasteiger partial charge in [0.15, 0.2) is 0 Å². The van der Waals surface area contributed by atoms with Crippen molar-refractivity contribution in [3.05, 3.63) is 48.0 Å². The van der Waals surface area contributed by atoms with E-state index < -0.39 is 0 Å². The molecule has 0 nitrogen and oxygen atoms in total. The van der Waals surface area contributed by atoms with E-state index in [9.17, 15) is 0 Å². The number of hydrogen-bond donors (Lipinski definition) is 0. The molecule has 2 atom stereocenters. The van der Waals surface area contributed by atoms with Crippen molar-refractivity contribution in [1.29, 1.82) is 0 Å². The molecule has 0 saturated carbocycles. The second-order valence-corrected chi connectivity index (χ2v) is 3.54. The molecule has 62 valence electrons. The first-order chi connectivity index (χ1) is 5.88. The van der Waals surface area contributed by atoms with Crippen molar-refractivity contribution in [3.63, 3.8) is 0 Å². The molecule has 0 saturated heterocycles. The molecule has 1 aromatic rings. The Labute approximate surface area is 73.9 Å². The van der Waals surface area contributed by atoms with E-state index in [2.05, 4.69) is 49.4 Å². The summed E-state index contributed by atoms with van der Waals surface area (Å²) in [6, 6.07) is 10.8. The average molecular weight is 158 g/mol. The minimum absolute atomic E-state index is 0.715. The lowest BCUT2D eigenvalue weighted by molar-refractivity contribution is 0.588. The molecule has 0 heterocycles. The van der Waals surface area contributed by atoms with Crippen LogP contribution in [0.5, 0.6) is 0 Å². The summed E-state index contributed by atoms with van der Waals surface area (Å²) in [7, 11) is 0. The summed E-state index contributed by atoms with van der Waals surface area (Å²) in [5.41, 5.74) is 1.48. The van der Waals surface area contributed by atoms with Gasteiger partial charge in [0.1, 0.15) is 0 Å². The number of benzene rings is 1. The van der Waals surface area contributed by atoms with Crippen LogP contribution in [0.2, 0.25) is 0 Å². The molecule has 1 aliphatic carbocycles. The first-order valence-electron chi connectivity index (χ1n) is 4.59. The summed E-state index contributed by atoms with van der Waals surface area (Å²) in [5.74, 6) is 1.44. The van der Waals surface area contributed by atoms with E-state index >= 15 is 0 Å². The minimum atomic E-state index is 0.715. The SMILES string of the molecule is C[C@@H]1C=CC[C@@H]1c1ccccc1. The van der Waals surface area contributed by atoms with Gasteiger partial charge in [-0.25, -0.2) is 0 Å². The highest BCUT2D eigenvalue weighted by molar-refractivity contribution is 5.24. The maximum absolute atomic E-state index is 2.32. The molecule has 12 heavy (non-hydrogen) atoms. The summed E-state index contributed by atoms with van der Waals surface area (Å²) < 4.78 is 0. The zero-order valence-electron chi connectivity index (χ0n) is 7.40. The van der Waals surface area contributed by atoms with Gasteiger partial charge < -0.3 is 0 Å². The highest BCUT2D eigenvalue weighted by Crippen LogP contribution is 2.33. The lowest BCUT2D eigenvalue weighted by Crippen LogP contribution is -2.01. The van der Waals surface area contributed by atoms with Crippen LogP contribution in [0, 0.1) is 5.92 Å². The lowest BCUT2D eigenvalue weighted by atomic mass is 9.90. The first kappa shape index (κ1) is 7.60. The van der Waals surface area contributed by atoms with E-state index in [-0.39, 0.29) is 0 Å². The second-order valence-electron chi connectivity index (χ2n) is 3.54. The van der Waals surface area contributed by atoms with Gasteiger partial charge in [-0.1, -0.05) is 49.4 Å². The molecule has 0 radical (unpaired) electrons. The highest BCUT2D eigenvalue weighted by Gasteiger charge is 2.19. The monoisotopic (exact) mass is 158 g/mol. The Bertz CT molecular complexity index is 271. The maximum Gasteiger partial charge on any atom is -0.00671 e. The molecule has 0 N–H and O–H groups in total. The average Bonchev–Trinajstić information content (AvgIpc) is 2.53. The van der Waals surface area contributed by atoms with Crippen molar-refractivity contribution < 1.29 is 0 Å². The van der Waals surface area contributed by atoms with Gasteiger partial charge in [-0.15, -0.1) is 0 Å². The van der Waals surface area contributed by atoms with Crippen LogP contribution < -0.4 is 0 Å². The molecule has 0 spiro atoms. The smallest absolute Gasteiger partial charge is 0.00671 e. The maximum atomic E-state index is 2.32. The third kappa shape index (κ3) is 1.29. The fourth-order valence-corrected chi connectivity index (χ4v) is 1.93. The second kappa shape index (κ2) is 3.14. The van der Waals surface area contributed by atoms with Gasteiger partial charge in [0.05, 0.1) is 0 Å². The van der Waals surface area contributed by atoms with E-state index in [0.29, 0.717) is 5.92 Å². The Hall–Kier alpha value is -1.04. The minimum Gasteiger partial charge on any atom is -0.0876 e. The van der Waals surface area contributed by atoms with Crippen LogP contribution in [-0.4, -0.2) is 0 Å². The molecule has 0 aromatic heterocycles. The normalized spacial score (nSPS) is 27.8. The van der Waals surface area contributed by atoms with Gasteiger partial charge in [-0.2, -0.15) is 0 Å². The highest BCUT2D eigenvalue weighted by atomic mass is 14.2. The van der Waals surface area contributed by atoms with E-state index in [0.717, 1.165) is 5.92 Å². The first-order valence-corrected chi connectivity index (χ1v) is 4.59. The van der Waals surface area contributed by atoms with E-state index in [1.807, 2.05) is 0 Å².